The number of hydrogen-bond donors (Lipinski definition) is 1. The molecule has 0 saturated heterocycles. The van der Waals surface area contributed by atoms with Gasteiger partial charge in [0, 0.05) is 17.7 Å². The Labute approximate surface area is 130 Å². The second-order valence-corrected chi connectivity index (χ2v) is 5.12. The number of halogens is 3. The summed E-state index contributed by atoms with van der Waals surface area (Å²) in [6, 6.07) is 8.82. The quantitative estimate of drug-likeness (QED) is 0.944. The number of nitrogens with zero attached hydrogens (tertiary/aromatic N) is 1. The molecule has 1 amide bonds. The number of ether oxygens (including phenoxy) is 1. The van der Waals surface area contributed by atoms with E-state index in [0.717, 1.165) is 17.4 Å². The van der Waals surface area contributed by atoms with E-state index in [1.165, 1.54) is 12.1 Å². The summed E-state index contributed by atoms with van der Waals surface area (Å²) in [7, 11) is 0. The lowest BCUT2D eigenvalue weighted by Crippen LogP contribution is -2.17. The summed E-state index contributed by atoms with van der Waals surface area (Å²) < 4.78 is 43.3. The summed E-state index contributed by atoms with van der Waals surface area (Å²) >= 11 is 0. The van der Waals surface area contributed by atoms with Crippen LogP contribution in [-0.4, -0.2) is 17.5 Å². The van der Waals surface area contributed by atoms with E-state index in [2.05, 4.69) is 10.3 Å². The van der Waals surface area contributed by atoms with Gasteiger partial charge in [-0.1, -0.05) is 12.1 Å². The summed E-state index contributed by atoms with van der Waals surface area (Å²) in [4.78, 5) is 15.6. The largest absolute Gasteiger partial charge is 0.493 e. The fourth-order valence-corrected chi connectivity index (χ4v) is 2.43. The Morgan fingerprint density at radius 2 is 2.00 bits per heavy atom. The van der Waals surface area contributed by atoms with E-state index in [9.17, 15) is 18.0 Å². The predicted octanol–water partition coefficient (Wildman–Crippen LogP) is 3.22. The molecule has 0 fully saturated rings. The summed E-state index contributed by atoms with van der Waals surface area (Å²) in [5.74, 6) is 0.303. The molecule has 120 valence electrons. The number of fused-ring (bicyclic) bond motifs is 1. The Morgan fingerprint density at radius 3 is 2.78 bits per heavy atom. The van der Waals surface area contributed by atoms with Crippen LogP contribution in [0.5, 0.6) is 5.75 Å². The SMILES string of the molecule is O=C(Cc1cccc(C(F)(F)F)n1)Nc1cccc2c1CCO2. The minimum Gasteiger partial charge on any atom is -0.493 e. The van der Waals surface area contributed by atoms with Gasteiger partial charge in [0.25, 0.3) is 0 Å². The van der Waals surface area contributed by atoms with E-state index < -0.39 is 17.8 Å². The molecule has 2 heterocycles. The number of amides is 1. The number of aromatic nitrogens is 1. The van der Waals surface area contributed by atoms with Crippen LogP contribution < -0.4 is 10.1 Å². The van der Waals surface area contributed by atoms with Crippen molar-refractivity contribution in [1.29, 1.82) is 0 Å². The molecule has 0 unspecified atom stereocenters. The van der Waals surface area contributed by atoms with Crippen LogP contribution in [0.15, 0.2) is 36.4 Å². The van der Waals surface area contributed by atoms with E-state index >= 15 is 0 Å². The van der Waals surface area contributed by atoms with E-state index in [-0.39, 0.29) is 12.1 Å². The molecule has 2 aromatic rings. The first-order valence-electron chi connectivity index (χ1n) is 7.01. The molecule has 0 saturated carbocycles. The third kappa shape index (κ3) is 3.44. The van der Waals surface area contributed by atoms with Crippen LogP contribution >= 0.6 is 0 Å². The number of rotatable bonds is 3. The van der Waals surface area contributed by atoms with Gasteiger partial charge in [0.05, 0.1) is 18.7 Å². The van der Waals surface area contributed by atoms with Gasteiger partial charge in [0.1, 0.15) is 11.4 Å². The molecule has 7 heteroatoms. The second kappa shape index (κ2) is 5.91. The van der Waals surface area contributed by atoms with Crippen LogP contribution in [0.25, 0.3) is 0 Å². The highest BCUT2D eigenvalue weighted by Gasteiger charge is 2.32. The molecular formula is C16H13F3N2O2. The maximum atomic E-state index is 12.6. The highest BCUT2D eigenvalue weighted by molar-refractivity contribution is 5.93. The number of benzene rings is 1. The molecule has 0 atom stereocenters. The van der Waals surface area contributed by atoms with Gasteiger partial charge in [-0.3, -0.25) is 4.79 Å². The molecule has 0 bridgehead atoms. The highest BCUT2D eigenvalue weighted by atomic mass is 19.4. The van der Waals surface area contributed by atoms with E-state index in [1.807, 2.05) is 6.07 Å². The van der Waals surface area contributed by atoms with Gasteiger partial charge in [-0.05, 0) is 24.3 Å². The van der Waals surface area contributed by atoms with Gasteiger partial charge in [-0.2, -0.15) is 13.2 Å². The zero-order valence-corrected chi connectivity index (χ0v) is 12.0. The van der Waals surface area contributed by atoms with Crippen LogP contribution in [0.1, 0.15) is 17.0 Å². The minimum absolute atomic E-state index is 0.0705. The first kappa shape index (κ1) is 15.3. The molecule has 3 rings (SSSR count). The Morgan fingerprint density at radius 1 is 1.22 bits per heavy atom. The molecule has 4 nitrogen and oxygen atoms in total. The lowest BCUT2D eigenvalue weighted by molar-refractivity contribution is -0.141. The average Bonchev–Trinajstić information content (AvgIpc) is 2.96. The molecule has 1 aromatic heterocycles. The van der Waals surface area contributed by atoms with Crippen molar-refractivity contribution in [3.05, 3.63) is 53.3 Å². The first-order chi connectivity index (χ1) is 10.9. The number of pyridine rings is 1. The fraction of sp³-hybridized carbons (Fsp3) is 0.250. The maximum Gasteiger partial charge on any atom is 0.433 e. The molecule has 0 spiro atoms. The number of nitrogens with one attached hydrogen (secondary N) is 1. The fourth-order valence-electron chi connectivity index (χ4n) is 2.43. The van der Waals surface area contributed by atoms with Crippen LogP contribution in [0.3, 0.4) is 0 Å². The highest BCUT2D eigenvalue weighted by Crippen LogP contribution is 2.31. The summed E-state index contributed by atoms with van der Waals surface area (Å²) in [6.45, 7) is 0.553. The lowest BCUT2D eigenvalue weighted by Gasteiger charge is -2.10. The molecular weight excluding hydrogens is 309 g/mol. The molecule has 0 radical (unpaired) electrons. The Bertz CT molecular complexity index is 744. The monoisotopic (exact) mass is 322 g/mol. The molecule has 1 aliphatic rings. The van der Waals surface area contributed by atoms with Crippen molar-refractivity contribution in [1.82, 2.24) is 4.98 Å². The van der Waals surface area contributed by atoms with Crippen molar-refractivity contribution in [2.45, 2.75) is 19.0 Å². The standard InChI is InChI=1S/C16H13F3N2O2/c17-16(18,19)14-6-1-3-10(20-14)9-15(22)21-12-4-2-5-13-11(12)7-8-23-13/h1-6H,7-9H2,(H,21,22). The number of carbonyl (C=O) groups excluding carboxylic acids is 1. The smallest absolute Gasteiger partial charge is 0.433 e. The topological polar surface area (TPSA) is 51.2 Å². The summed E-state index contributed by atoms with van der Waals surface area (Å²) in [5.41, 5.74) is 0.591. The van der Waals surface area contributed by atoms with Crippen molar-refractivity contribution in [3.8, 4) is 5.75 Å². The van der Waals surface area contributed by atoms with Crippen LogP contribution in [0.2, 0.25) is 0 Å². The Kier molecular flexibility index (Phi) is 3.94. The lowest BCUT2D eigenvalue weighted by atomic mass is 10.1. The number of anilines is 1. The summed E-state index contributed by atoms with van der Waals surface area (Å²) in [6.07, 6.45) is -4.06. The van der Waals surface area contributed by atoms with E-state index in [1.54, 1.807) is 12.1 Å². The van der Waals surface area contributed by atoms with Gasteiger partial charge in [0.2, 0.25) is 5.91 Å². The van der Waals surface area contributed by atoms with Crippen molar-refractivity contribution < 1.29 is 22.7 Å². The molecule has 23 heavy (non-hydrogen) atoms. The van der Waals surface area contributed by atoms with Gasteiger partial charge in [-0.15, -0.1) is 0 Å². The molecule has 0 aliphatic carbocycles. The van der Waals surface area contributed by atoms with Crippen LogP contribution in [0, 0.1) is 0 Å². The van der Waals surface area contributed by atoms with Gasteiger partial charge >= 0.3 is 6.18 Å². The van der Waals surface area contributed by atoms with Gasteiger partial charge in [-0.25, -0.2) is 4.98 Å². The maximum absolute atomic E-state index is 12.6. The Balaban J connectivity index is 1.72. The average molecular weight is 322 g/mol. The van der Waals surface area contributed by atoms with Crippen molar-refractivity contribution >= 4 is 11.6 Å². The third-order valence-corrected chi connectivity index (χ3v) is 3.46. The number of carbonyl (C=O) groups is 1. The van der Waals surface area contributed by atoms with E-state index in [4.69, 9.17) is 4.74 Å². The van der Waals surface area contributed by atoms with Crippen molar-refractivity contribution in [2.75, 3.05) is 11.9 Å². The number of hydrogen-bond acceptors (Lipinski definition) is 3. The van der Waals surface area contributed by atoms with E-state index in [0.29, 0.717) is 18.7 Å². The Hall–Kier alpha value is -2.57. The van der Waals surface area contributed by atoms with Crippen molar-refractivity contribution in [2.24, 2.45) is 0 Å². The zero-order chi connectivity index (χ0) is 16.4. The summed E-state index contributed by atoms with van der Waals surface area (Å²) in [5, 5.41) is 2.71. The van der Waals surface area contributed by atoms with Crippen LogP contribution in [-0.2, 0) is 23.8 Å². The first-order valence-corrected chi connectivity index (χ1v) is 7.01. The normalized spacial score (nSPS) is 13.3. The van der Waals surface area contributed by atoms with Gasteiger partial charge < -0.3 is 10.1 Å². The predicted molar refractivity (Wildman–Crippen MR) is 77.2 cm³/mol. The van der Waals surface area contributed by atoms with Gasteiger partial charge in [0.15, 0.2) is 0 Å². The molecule has 1 aromatic carbocycles. The number of alkyl halides is 3. The third-order valence-electron chi connectivity index (χ3n) is 3.46. The second-order valence-electron chi connectivity index (χ2n) is 5.12. The molecule has 1 aliphatic heterocycles. The minimum atomic E-state index is -4.52. The zero-order valence-electron chi connectivity index (χ0n) is 12.0. The van der Waals surface area contributed by atoms with Crippen molar-refractivity contribution in [3.63, 3.8) is 0 Å². The molecule has 1 N–H and O–H groups in total. The van der Waals surface area contributed by atoms with Crippen LogP contribution in [0.4, 0.5) is 18.9 Å².